The van der Waals surface area contributed by atoms with Crippen LogP contribution < -0.4 is 10.6 Å². The number of rotatable bonds is 5. The van der Waals surface area contributed by atoms with Gasteiger partial charge in [-0.15, -0.1) is 0 Å². The Morgan fingerprint density at radius 1 is 1.38 bits per heavy atom. The van der Waals surface area contributed by atoms with Crippen molar-refractivity contribution in [1.29, 1.82) is 0 Å². The fraction of sp³-hybridized carbons (Fsp3) is 0.417. The summed E-state index contributed by atoms with van der Waals surface area (Å²) in [4.78, 5) is 11.4. The van der Waals surface area contributed by atoms with Crippen molar-refractivity contribution >= 4 is 28.6 Å². The van der Waals surface area contributed by atoms with E-state index in [0.717, 1.165) is 24.9 Å². The molecular formula is C12H17IN2O. The first-order valence-electron chi connectivity index (χ1n) is 5.48. The van der Waals surface area contributed by atoms with Crippen molar-refractivity contribution in [3.63, 3.8) is 0 Å². The molecule has 2 N–H and O–H groups in total. The second kappa shape index (κ2) is 7.49. The number of carbonyl (C=O) groups excluding carboxylic acids is 1. The molecule has 1 aromatic rings. The molecule has 16 heavy (non-hydrogen) atoms. The van der Waals surface area contributed by atoms with Crippen molar-refractivity contribution in [2.24, 2.45) is 0 Å². The summed E-state index contributed by atoms with van der Waals surface area (Å²) >= 11 is 2.26. The van der Waals surface area contributed by atoms with Crippen molar-refractivity contribution < 1.29 is 4.79 Å². The van der Waals surface area contributed by atoms with E-state index < -0.39 is 0 Å². The monoisotopic (exact) mass is 332 g/mol. The summed E-state index contributed by atoms with van der Waals surface area (Å²) in [6, 6.07) is 8.01. The summed E-state index contributed by atoms with van der Waals surface area (Å²) in [6.45, 7) is 3.43. The van der Waals surface area contributed by atoms with Crippen LogP contribution in [0.1, 0.15) is 25.3 Å². The Balaban J connectivity index is 2.26. The number of hydrogen-bond acceptors (Lipinski definition) is 1. The van der Waals surface area contributed by atoms with Gasteiger partial charge in [-0.25, -0.2) is 4.79 Å². The van der Waals surface area contributed by atoms with Crippen molar-refractivity contribution in [1.82, 2.24) is 10.6 Å². The van der Waals surface area contributed by atoms with Crippen LogP contribution in [-0.4, -0.2) is 12.6 Å². The van der Waals surface area contributed by atoms with Crippen LogP contribution in [0.4, 0.5) is 4.79 Å². The van der Waals surface area contributed by atoms with Crippen LogP contribution in [-0.2, 0) is 6.54 Å². The normalized spacial score (nSPS) is 9.88. The topological polar surface area (TPSA) is 41.1 Å². The molecule has 0 bridgehead atoms. The lowest BCUT2D eigenvalue weighted by Gasteiger charge is -2.07. The number of halogens is 1. The van der Waals surface area contributed by atoms with Crippen LogP contribution in [0.5, 0.6) is 0 Å². The van der Waals surface area contributed by atoms with Gasteiger partial charge in [-0.2, -0.15) is 0 Å². The van der Waals surface area contributed by atoms with Gasteiger partial charge in [0.25, 0.3) is 0 Å². The van der Waals surface area contributed by atoms with Crippen LogP contribution in [0.25, 0.3) is 0 Å². The standard InChI is InChI=1S/C12H17IN2O/c1-2-3-7-14-12(16)15-9-10-5-4-6-11(13)8-10/h4-6,8H,2-3,7,9H2,1H3,(H2,14,15,16). The fourth-order valence-electron chi connectivity index (χ4n) is 1.27. The largest absolute Gasteiger partial charge is 0.338 e. The first-order chi connectivity index (χ1) is 7.72. The van der Waals surface area contributed by atoms with E-state index in [9.17, 15) is 4.79 Å². The maximum Gasteiger partial charge on any atom is 0.315 e. The van der Waals surface area contributed by atoms with E-state index in [4.69, 9.17) is 0 Å². The molecule has 1 aromatic carbocycles. The quantitative estimate of drug-likeness (QED) is 0.632. The molecule has 88 valence electrons. The van der Waals surface area contributed by atoms with Gasteiger partial charge < -0.3 is 10.6 Å². The smallest absolute Gasteiger partial charge is 0.315 e. The SMILES string of the molecule is CCCCNC(=O)NCc1cccc(I)c1. The molecule has 3 nitrogen and oxygen atoms in total. The molecule has 0 saturated heterocycles. The van der Waals surface area contributed by atoms with Crippen molar-refractivity contribution in [3.05, 3.63) is 33.4 Å². The molecule has 0 fully saturated rings. The Kier molecular flexibility index (Phi) is 6.22. The highest BCUT2D eigenvalue weighted by Crippen LogP contribution is 2.07. The summed E-state index contributed by atoms with van der Waals surface area (Å²) in [5, 5.41) is 5.65. The first-order valence-corrected chi connectivity index (χ1v) is 6.56. The number of hydrogen-bond donors (Lipinski definition) is 2. The third-order valence-electron chi connectivity index (χ3n) is 2.16. The molecule has 0 unspecified atom stereocenters. The van der Waals surface area contributed by atoms with Crippen LogP contribution in [0, 0.1) is 3.57 Å². The zero-order chi connectivity index (χ0) is 11.8. The lowest BCUT2D eigenvalue weighted by molar-refractivity contribution is 0.240. The lowest BCUT2D eigenvalue weighted by Crippen LogP contribution is -2.35. The van der Waals surface area contributed by atoms with Gasteiger partial charge in [-0.1, -0.05) is 25.5 Å². The molecule has 0 aliphatic heterocycles. The van der Waals surface area contributed by atoms with Crippen LogP contribution in [0.15, 0.2) is 24.3 Å². The number of carbonyl (C=O) groups is 1. The highest BCUT2D eigenvalue weighted by Gasteiger charge is 1.99. The Morgan fingerprint density at radius 3 is 2.88 bits per heavy atom. The Bertz CT molecular complexity index is 342. The number of urea groups is 1. The summed E-state index contributed by atoms with van der Waals surface area (Å²) < 4.78 is 1.18. The molecule has 4 heteroatoms. The molecule has 0 radical (unpaired) electrons. The zero-order valence-corrected chi connectivity index (χ0v) is 11.6. The lowest BCUT2D eigenvalue weighted by atomic mass is 10.2. The Hall–Kier alpha value is -0.780. The average molecular weight is 332 g/mol. The van der Waals surface area contributed by atoms with Crippen molar-refractivity contribution in [2.45, 2.75) is 26.3 Å². The third-order valence-corrected chi connectivity index (χ3v) is 2.83. The highest BCUT2D eigenvalue weighted by molar-refractivity contribution is 14.1. The minimum Gasteiger partial charge on any atom is -0.338 e. The van der Waals surface area contributed by atoms with Gasteiger partial charge >= 0.3 is 6.03 Å². The number of amides is 2. The molecule has 2 amide bonds. The van der Waals surface area contributed by atoms with Gasteiger partial charge in [0, 0.05) is 16.7 Å². The summed E-state index contributed by atoms with van der Waals surface area (Å²) in [5.74, 6) is 0. The molecule has 0 saturated carbocycles. The van der Waals surface area contributed by atoms with E-state index in [-0.39, 0.29) is 6.03 Å². The van der Waals surface area contributed by atoms with Gasteiger partial charge in [-0.05, 0) is 46.7 Å². The van der Waals surface area contributed by atoms with Gasteiger partial charge in [-0.3, -0.25) is 0 Å². The Morgan fingerprint density at radius 2 is 2.19 bits per heavy atom. The van der Waals surface area contributed by atoms with E-state index in [2.05, 4.69) is 46.2 Å². The van der Waals surface area contributed by atoms with Crippen LogP contribution in [0.2, 0.25) is 0 Å². The van der Waals surface area contributed by atoms with Gasteiger partial charge in [0.1, 0.15) is 0 Å². The van der Waals surface area contributed by atoms with Crippen LogP contribution in [0.3, 0.4) is 0 Å². The predicted molar refractivity (Wildman–Crippen MR) is 74.3 cm³/mol. The van der Waals surface area contributed by atoms with Gasteiger partial charge in [0.2, 0.25) is 0 Å². The highest BCUT2D eigenvalue weighted by atomic mass is 127. The summed E-state index contributed by atoms with van der Waals surface area (Å²) in [6.07, 6.45) is 2.12. The minimum absolute atomic E-state index is 0.0905. The number of nitrogens with one attached hydrogen (secondary N) is 2. The molecule has 0 aliphatic carbocycles. The van der Waals surface area contributed by atoms with Crippen LogP contribution >= 0.6 is 22.6 Å². The second-order valence-corrected chi connectivity index (χ2v) is 4.84. The second-order valence-electron chi connectivity index (χ2n) is 3.59. The molecule has 0 heterocycles. The summed E-state index contributed by atoms with van der Waals surface area (Å²) in [7, 11) is 0. The average Bonchev–Trinajstić information content (AvgIpc) is 2.27. The first kappa shape index (κ1) is 13.3. The third kappa shape index (κ3) is 5.34. The van der Waals surface area contributed by atoms with E-state index in [0.29, 0.717) is 6.54 Å². The minimum atomic E-state index is -0.0905. The molecule has 0 aliphatic rings. The Labute approximate surface area is 110 Å². The molecule has 0 aromatic heterocycles. The van der Waals surface area contributed by atoms with E-state index in [1.54, 1.807) is 0 Å². The zero-order valence-electron chi connectivity index (χ0n) is 9.42. The van der Waals surface area contributed by atoms with Gasteiger partial charge in [0.15, 0.2) is 0 Å². The molecule has 1 rings (SSSR count). The number of benzene rings is 1. The van der Waals surface area contributed by atoms with Crippen molar-refractivity contribution in [3.8, 4) is 0 Å². The maximum atomic E-state index is 11.4. The molecule has 0 spiro atoms. The van der Waals surface area contributed by atoms with E-state index in [1.807, 2.05) is 18.2 Å². The maximum absolute atomic E-state index is 11.4. The fourth-order valence-corrected chi connectivity index (χ4v) is 1.88. The van der Waals surface area contributed by atoms with E-state index >= 15 is 0 Å². The number of unbranched alkanes of at least 4 members (excludes halogenated alkanes) is 1. The van der Waals surface area contributed by atoms with Gasteiger partial charge in [0.05, 0.1) is 0 Å². The van der Waals surface area contributed by atoms with Crippen molar-refractivity contribution in [2.75, 3.05) is 6.54 Å². The van der Waals surface area contributed by atoms with E-state index in [1.165, 1.54) is 3.57 Å². The summed E-state index contributed by atoms with van der Waals surface area (Å²) in [5.41, 5.74) is 1.12. The molecular weight excluding hydrogens is 315 g/mol. The molecule has 0 atom stereocenters. The predicted octanol–water partition coefficient (Wildman–Crippen LogP) is 2.89.